The summed E-state index contributed by atoms with van der Waals surface area (Å²) in [6.45, 7) is 2.09. The van der Waals surface area contributed by atoms with Crippen LogP contribution in [0.15, 0.2) is 54.6 Å². The van der Waals surface area contributed by atoms with Crippen LogP contribution in [0.1, 0.15) is 23.4 Å². The van der Waals surface area contributed by atoms with E-state index < -0.39 is 0 Å². The number of nitro groups is 1. The van der Waals surface area contributed by atoms with E-state index in [1.807, 2.05) is 30.3 Å². The van der Waals surface area contributed by atoms with Gasteiger partial charge in [0.05, 0.1) is 10.3 Å². The Bertz CT molecular complexity index is 569. The van der Waals surface area contributed by atoms with Gasteiger partial charge < -0.3 is 0 Å². The first-order valence-corrected chi connectivity index (χ1v) is 6.94. The van der Waals surface area contributed by atoms with Crippen molar-refractivity contribution in [1.29, 1.82) is 0 Å². The van der Waals surface area contributed by atoms with Gasteiger partial charge in [-0.3, -0.25) is 10.1 Å². The highest BCUT2D eigenvalue weighted by Gasteiger charge is 2.17. The zero-order chi connectivity index (χ0) is 14.5. The van der Waals surface area contributed by atoms with Gasteiger partial charge in [-0.2, -0.15) is 0 Å². The molecular formula is C16H16ClNO2. The van der Waals surface area contributed by atoms with E-state index >= 15 is 0 Å². The normalized spacial score (nSPS) is 13.7. The summed E-state index contributed by atoms with van der Waals surface area (Å²) in [5.74, 6) is 0.250. The van der Waals surface area contributed by atoms with Gasteiger partial charge in [0.1, 0.15) is 0 Å². The van der Waals surface area contributed by atoms with E-state index in [1.54, 1.807) is 12.1 Å². The fraction of sp³-hybridized carbons (Fsp3) is 0.250. The van der Waals surface area contributed by atoms with Gasteiger partial charge in [-0.05, 0) is 23.5 Å². The maximum absolute atomic E-state index is 10.6. The van der Waals surface area contributed by atoms with Crippen LogP contribution in [0.5, 0.6) is 0 Å². The zero-order valence-corrected chi connectivity index (χ0v) is 12.0. The zero-order valence-electron chi connectivity index (χ0n) is 11.2. The van der Waals surface area contributed by atoms with Gasteiger partial charge in [0, 0.05) is 12.1 Å². The molecule has 2 unspecified atom stereocenters. The van der Waals surface area contributed by atoms with Crippen LogP contribution < -0.4 is 0 Å². The van der Waals surface area contributed by atoms with Gasteiger partial charge in [0.2, 0.25) is 0 Å². The van der Waals surface area contributed by atoms with E-state index in [2.05, 4.69) is 6.92 Å². The third-order valence-corrected chi connectivity index (χ3v) is 4.00. The van der Waals surface area contributed by atoms with Crippen LogP contribution in [0.4, 0.5) is 5.69 Å². The Balaban J connectivity index is 2.04. The molecule has 0 radical (unpaired) electrons. The van der Waals surface area contributed by atoms with Gasteiger partial charge in [0.15, 0.2) is 0 Å². The van der Waals surface area contributed by atoms with Crippen LogP contribution in [-0.4, -0.2) is 4.92 Å². The minimum absolute atomic E-state index is 0.0635. The first kappa shape index (κ1) is 14.5. The van der Waals surface area contributed by atoms with E-state index in [0.29, 0.717) is 0 Å². The van der Waals surface area contributed by atoms with Gasteiger partial charge in [-0.1, -0.05) is 49.4 Å². The summed E-state index contributed by atoms with van der Waals surface area (Å²) >= 11 is 6.48. The number of hydrogen-bond donors (Lipinski definition) is 0. The lowest BCUT2D eigenvalue weighted by atomic mass is 9.93. The second-order valence-electron chi connectivity index (χ2n) is 4.92. The van der Waals surface area contributed by atoms with Crippen LogP contribution in [0.25, 0.3) is 0 Å². The maximum Gasteiger partial charge on any atom is 0.269 e. The van der Waals surface area contributed by atoms with Crippen LogP contribution in [0.3, 0.4) is 0 Å². The average molecular weight is 290 g/mol. The molecule has 0 N–H and O–H groups in total. The molecular weight excluding hydrogens is 274 g/mol. The molecule has 2 aromatic rings. The molecule has 0 amide bonds. The molecule has 0 saturated carbocycles. The number of non-ortho nitro benzene ring substituents is 1. The predicted molar refractivity (Wildman–Crippen MR) is 81.0 cm³/mol. The summed E-state index contributed by atoms with van der Waals surface area (Å²) in [5, 5.41) is 10.5. The van der Waals surface area contributed by atoms with E-state index in [1.165, 1.54) is 12.1 Å². The molecule has 4 heteroatoms. The third kappa shape index (κ3) is 3.58. The van der Waals surface area contributed by atoms with Crippen molar-refractivity contribution in [3.05, 3.63) is 75.8 Å². The molecule has 0 aliphatic heterocycles. The van der Waals surface area contributed by atoms with Crippen LogP contribution in [-0.2, 0) is 6.42 Å². The molecule has 0 saturated heterocycles. The number of halogens is 1. The summed E-state index contributed by atoms with van der Waals surface area (Å²) in [5.41, 5.74) is 2.28. The van der Waals surface area contributed by atoms with Crippen molar-refractivity contribution in [3.63, 3.8) is 0 Å². The Labute approximate surface area is 123 Å². The monoisotopic (exact) mass is 289 g/mol. The SMILES string of the molecule is CC(Cc1ccc([N+](=O)[O-])cc1)C(Cl)c1ccccc1. The summed E-state index contributed by atoms with van der Waals surface area (Å²) in [7, 11) is 0. The fourth-order valence-electron chi connectivity index (χ4n) is 2.19. The molecule has 0 bridgehead atoms. The van der Waals surface area contributed by atoms with Crippen molar-refractivity contribution < 1.29 is 4.92 Å². The van der Waals surface area contributed by atoms with E-state index in [-0.39, 0.29) is 21.9 Å². The van der Waals surface area contributed by atoms with Crippen molar-refractivity contribution in [2.75, 3.05) is 0 Å². The van der Waals surface area contributed by atoms with Gasteiger partial charge in [0.25, 0.3) is 5.69 Å². The molecule has 2 atom stereocenters. The standard InChI is InChI=1S/C16H16ClNO2/c1-12(16(17)14-5-3-2-4-6-14)11-13-7-9-15(10-8-13)18(19)20/h2-10,12,16H,11H2,1H3. The first-order chi connectivity index (χ1) is 9.58. The fourth-order valence-corrected chi connectivity index (χ4v) is 2.43. The number of nitrogens with zero attached hydrogens (tertiary/aromatic N) is 1. The topological polar surface area (TPSA) is 43.1 Å². The lowest BCUT2D eigenvalue weighted by Gasteiger charge is -2.18. The number of alkyl halides is 1. The lowest BCUT2D eigenvalue weighted by Crippen LogP contribution is -2.07. The molecule has 0 aliphatic rings. The molecule has 0 spiro atoms. The Morgan fingerprint density at radius 1 is 1.10 bits per heavy atom. The van der Waals surface area contributed by atoms with Crippen molar-refractivity contribution in [1.82, 2.24) is 0 Å². The number of rotatable bonds is 5. The molecule has 3 nitrogen and oxygen atoms in total. The molecule has 20 heavy (non-hydrogen) atoms. The number of nitro benzene ring substituents is 1. The van der Waals surface area contributed by atoms with E-state index in [9.17, 15) is 10.1 Å². The van der Waals surface area contributed by atoms with Crippen molar-refractivity contribution in [3.8, 4) is 0 Å². The van der Waals surface area contributed by atoms with Gasteiger partial charge in [-0.25, -0.2) is 0 Å². The number of hydrogen-bond acceptors (Lipinski definition) is 2. The predicted octanol–water partition coefficient (Wildman–Crippen LogP) is 4.75. The van der Waals surface area contributed by atoms with Crippen LogP contribution in [0, 0.1) is 16.0 Å². The largest absolute Gasteiger partial charge is 0.269 e. The van der Waals surface area contributed by atoms with Crippen molar-refractivity contribution in [2.45, 2.75) is 18.7 Å². The molecule has 104 valence electrons. The summed E-state index contributed by atoms with van der Waals surface area (Å²) in [6.07, 6.45) is 0.793. The Morgan fingerprint density at radius 2 is 1.70 bits per heavy atom. The third-order valence-electron chi connectivity index (χ3n) is 3.32. The van der Waals surface area contributed by atoms with Crippen LogP contribution >= 0.6 is 11.6 Å². The molecule has 0 aromatic heterocycles. The van der Waals surface area contributed by atoms with E-state index in [4.69, 9.17) is 11.6 Å². The highest BCUT2D eigenvalue weighted by molar-refractivity contribution is 6.21. The Hall–Kier alpha value is -1.87. The Morgan fingerprint density at radius 3 is 2.25 bits per heavy atom. The summed E-state index contributed by atoms with van der Waals surface area (Å²) in [6, 6.07) is 16.6. The number of benzene rings is 2. The highest BCUT2D eigenvalue weighted by Crippen LogP contribution is 2.31. The highest BCUT2D eigenvalue weighted by atomic mass is 35.5. The smallest absolute Gasteiger partial charge is 0.258 e. The quantitative estimate of drug-likeness (QED) is 0.453. The van der Waals surface area contributed by atoms with Crippen LogP contribution in [0.2, 0.25) is 0 Å². The maximum atomic E-state index is 10.6. The minimum Gasteiger partial charge on any atom is -0.258 e. The van der Waals surface area contributed by atoms with E-state index in [0.717, 1.165) is 17.5 Å². The Kier molecular flexibility index (Phi) is 4.74. The lowest BCUT2D eigenvalue weighted by molar-refractivity contribution is -0.384. The van der Waals surface area contributed by atoms with Crippen molar-refractivity contribution in [2.24, 2.45) is 5.92 Å². The van der Waals surface area contributed by atoms with Gasteiger partial charge >= 0.3 is 0 Å². The molecule has 0 aliphatic carbocycles. The molecule has 0 heterocycles. The van der Waals surface area contributed by atoms with Gasteiger partial charge in [-0.15, -0.1) is 11.6 Å². The second-order valence-corrected chi connectivity index (χ2v) is 5.39. The minimum atomic E-state index is -0.387. The molecule has 0 fully saturated rings. The molecule has 2 aromatic carbocycles. The average Bonchev–Trinajstić information content (AvgIpc) is 2.48. The second kappa shape index (κ2) is 6.53. The summed E-state index contributed by atoms with van der Waals surface area (Å²) in [4.78, 5) is 10.2. The summed E-state index contributed by atoms with van der Waals surface area (Å²) < 4.78 is 0. The molecule has 2 rings (SSSR count). The van der Waals surface area contributed by atoms with Crippen molar-refractivity contribution >= 4 is 17.3 Å². The first-order valence-electron chi connectivity index (χ1n) is 6.50.